The number of hydrogen-bond donors (Lipinski definition) is 2. The minimum Gasteiger partial charge on any atom is -0.467 e. The van der Waals surface area contributed by atoms with Crippen LogP contribution < -0.4 is 15.7 Å². The molecule has 1 aromatic heterocycles. The quantitative estimate of drug-likeness (QED) is 0.817. The van der Waals surface area contributed by atoms with E-state index in [-0.39, 0.29) is 23.9 Å². The molecule has 142 valence electrons. The number of nitrogens with one attached hydrogen (secondary N) is 2. The highest BCUT2D eigenvalue weighted by Crippen LogP contribution is 2.55. The predicted molar refractivity (Wildman–Crippen MR) is 97.9 cm³/mol. The van der Waals surface area contributed by atoms with Gasteiger partial charge in [0, 0.05) is 17.3 Å². The maximum absolute atomic E-state index is 12.5. The van der Waals surface area contributed by atoms with Gasteiger partial charge in [-0.15, -0.1) is 0 Å². The summed E-state index contributed by atoms with van der Waals surface area (Å²) in [5.41, 5.74) is 0.343. The highest BCUT2D eigenvalue weighted by atomic mass is 16.5. The number of carbonyl (C=O) groups excluding carboxylic acids is 1. The van der Waals surface area contributed by atoms with Gasteiger partial charge in [0.2, 0.25) is 5.88 Å². The number of ether oxygens (including phenoxy) is 1. The second kappa shape index (κ2) is 6.71. The van der Waals surface area contributed by atoms with Gasteiger partial charge < -0.3 is 15.0 Å². The molecule has 1 heterocycles. The summed E-state index contributed by atoms with van der Waals surface area (Å²) in [6.07, 6.45) is 8.14. The first-order chi connectivity index (χ1) is 12.4. The monoisotopic (exact) mass is 359 g/mol. The van der Waals surface area contributed by atoms with Crippen LogP contribution in [-0.4, -0.2) is 28.0 Å². The molecule has 4 fully saturated rings. The molecule has 4 aliphatic carbocycles. The molecular formula is C20H29N3O3. The van der Waals surface area contributed by atoms with Crippen molar-refractivity contribution in [3.05, 3.63) is 22.2 Å². The molecule has 6 nitrogen and oxygen atoms in total. The van der Waals surface area contributed by atoms with Crippen LogP contribution in [0.15, 0.2) is 10.9 Å². The van der Waals surface area contributed by atoms with E-state index < -0.39 is 5.69 Å². The van der Waals surface area contributed by atoms with Crippen LogP contribution in [-0.2, 0) is 11.2 Å². The maximum Gasteiger partial charge on any atom is 0.348 e. The molecule has 4 saturated carbocycles. The number of amides is 1. The smallest absolute Gasteiger partial charge is 0.348 e. The molecule has 6 heteroatoms. The Hall–Kier alpha value is -1.85. The number of H-pyrrole nitrogens is 1. The normalized spacial score (nSPS) is 32.0. The van der Waals surface area contributed by atoms with Gasteiger partial charge >= 0.3 is 5.69 Å². The van der Waals surface area contributed by atoms with Gasteiger partial charge in [-0.25, -0.2) is 4.79 Å². The molecule has 1 aromatic rings. The number of aromatic nitrogens is 2. The van der Waals surface area contributed by atoms with E-state index in [1.165, 1.54) is 19.3 Å². The molecular weight excluding hydrogens is 330 g/mol. The fraction of sp³-hybridized carbons (Fsp3) is 0.750. The van der Waals surface area contributed by atoms with Gasteiger partial charge in [0.25, 0.3) is 5.91 Å². The molecule has 0 unspecified atom stereocenters. The average Bonchev–Trinajstić information content (AvgIpc) is 2.50. The summed E-state index contributed by atoms with van der Waals surface area (Å²) in [5, 5.41) is 3.28. The third-order valence-electron chi connectivity index (χ3n) is 6.20. The number of nitrogens with zero attached hydrogens (tertiary/aromatic N) is 1. The summed E-state index contributed by atoms with van der Waals surface area (Å²) >= 11 is 0. The van der Waals surface area contributed by atoms with Crippen molar-refractivity contribution >= 4 is 5.91 Å². The first-order valence-corrected chi connectivity index (χ1v) is 9.93. The molecule has 4 aliphatic rings. The fourth-order valence-corrected chi connectivity index (χ4v) is 5.84. The Bertz CT molecular complexity index is 705. The molecule has 0 atom stereocenters. The Morgan fingerprint density at radius 3 is 2.46 bits per heavy atom. The van der Waals surface area contributed by atoms with Crippen LogP contribution in [0, 0.1) is 23.7 Å². The van der Waals surface area contributed by atoms with Gasteiger partial charge in [0.1, 0.15) is 0 Å². The zero-order valence-electron chi connectivity index (χ0n) is 15.7. The maximum atomic E-state index is 12.5. The lowest BCUT2D eigenvalue weighted by Gasteiger charge is -2.56. The van der Waals surface area contributed by atoms with Crippen LogP contribution >= 0.6 is 0 Å². The second-order valence-corrected chi connectivity index (χ2v) is 9.18. The Kier molecular flexibility index (Phi) is 4.53. The van der Waals surface area contributed by atoms with Crippen LogP contribution in [0.1, 0.15) is 58.1 Å². The number of carbonyl (C=O) groups is 1. The Morgan fingerprint density at radius 2 is 1.88 bits per heavy atom. The largest absolute Gasteiger partial charge is 0.467 e. The summed E-state index contributed by atoms with van der Waals surface area (Å²) in [6.45, 7) is 4.08. The van der Waals surface area contributed by atoms with Gasteiger partial charge in [-0.2, -0.15) is 4.98 Å². The zero-order chi connectivity index (χ0) is 18.3. The molecule has 26 heavy (non-hydrogen) atoms. The van der Waals surface area contributed by atoms with Crippen LogP contribution in [0.4, 0.5) is 0 Å². The summed E-state index contributed by atoms with van der Waals surface area (Å²) < 4.78 is 5.54. The minimum atomic E-state index is -0.431. The van der Waals surface area contributed by atoms with E-state index >= 15 is 0 Å². The van der Waals surface area contributed by atoms with Crippen molar-refractivity contribution in [3.63, 3.8) is 0 Å². The minimum absolute atomic E-state index is 0.0143. The van der Waals surface area contributed by atoms with Crippen molar-refractivity contribution in [1.29, 1.82) is 0 Å². The predicted octanol–water partition coefficient (Wildman–Crippen LogP) is 2.43. The third-order valence-corrected chi connectivity index (χ3v) is 6.20. The molecule has 5 rings (SSSR count). The van der Waals surface area contributed by atoms with E-state index in [1.54, 1.807) is 6.07 Å². The molecule has 0 aromatic carbocycles. The molecule has 0 aliphatic heterocycles. The fourth-order valence-electron chi connectivity index (χ4n) is 5.84. The standard InChI is InChI=1S/C20H29N3O3/c1-12(2)3-16-7-18(22-19(25)21-16)26-11-17(24)23-20-8-13-4-14(9-20)6-15(5-13)10-20/h7,12-15H,3-6,8-11H2,1-2H3,(H,23,24)(H,21,22,25). The number of hydrogen-bond acceptors (Lipinski definition) is 4. The van der Waals surface area contributed by atoms with Gasteiger partial charge in [-0.1, -0.05) is 13.8 Å². The zero-order valence-corrected chi connectivity index (χ0v) is 15.7. The van der Waals surface area contributed by atoms with Gasteiger partial charge in [0.15, 0.2) is 6.61 Å². The lowest BCUT2D eigenvalue weighted by molar-refractivity contribution is -0.128. The summed E-state index contributed by atoms with van der Waals surface area (Å²) in [5.74, 6) is 2.91. The Balaban J connectivity index is 1.36. The topological polar surface area (TPSA) is 84.1 Å². The highest BCUT2D eigenvalue weighted by molar-refractivity contribution is 5.78. The van der Waals surface area contributed by atoms with Gasteiger partial charge in [-0.05, 0) is 68.6 Å². The summed E-state index contributed by atoms with van der Waals surface area (Å²) in [6, 6.07) is 1.72. The number of rotatable bonds is 6. The van der Waals surface area contributed by atoms with Crippen molar-refractivity contribution in [2.75, 3.05) is 6.61 Å². The van der Waals surface area contributed by atoms with Crippen molar-refractivity contribution < 1.29 is 9.53 Å². The Morgan fingerprint density at radius 1 is 1.27 bits per heavy atom. The molecule has 0 saturated heterocycles. The van der Waals surface area contributed by atoms with E-state index in [2.05, 4.69) is 29.1 Å². The van der Waals surface area contributed by atoms with E-state index in [0.29, 0.717) is 5.92 Å². The summed E-state index contributed by atoms with van der Waals surface area (Å²) in [4.78, 5) is 30.7. The summed E-state index contributed by atoms with van der Waals surface area (Å²) in [7, 11) is 0. The highest BCUT2D eigenvalue weighted by Gasteiger charge is 2.51. The van der Waals surface area contributed by atoms with Gasteiger partial charge in [-0.3, -0.25) is 4.79 Å². The van der Waals surface area contributed by atoms with Crippen LogP contribution in [0.25, 0.3) is 0 Å². The third kappa shape index (κ3) is 3.79. The van der Waals surface area contributed by atoms with E-state index in [1.807, 2.05) is 0 Å². The average molecular weight is 359 g/mol. The van der Waals surface area contributed by atoms with E-state index in [4.69, 9.17) is 4.74 Å². The molecule has 4 bridgehead atoms. The first-order valence-electron chi connectivity index (χ1n) is 9.93. The van der Waals surface area contributed by atoms with E-state index in [0.717, 1.165) is 49.1 Å². The SMILES string of the molecule is CC(C)Cc1cc(OCC(=O)NC23CC4CC(CC(C4)C2)C3)nc(=O)[nH]1. The molecule has 1 amide bonds. The van der Waals surface area contributed by atoms with Gasteiger partial charge in [0.05, 0.1) is 0 Å². The van der Waals surface area contributed by atoms with Crippen molar-refractivity contribution in [2.24, 2.45) is 23.7 Å². The molecule has 0 radical (unpaired) electrons. The molecule has 2 N–H and O–H groups in total. The van der Waals surface area contributed by atoms with Crippen molar-refractivity contribution in [2.45, 2.75) is 64.3 Å². The second-order valence-electron chi connectivity index (χ2n) is 9.18. The van der Waals surface area contributed by atoms with Crippen LogP contribution in [0.3, 0.4) is 0 Å². The van der Waals surface area contributed by atoms with Crippen molar-refractivity contribution in [3.8, 4) is 5.88 Å². The van der Waals surface area contributed by atoms with Crippen LogP contribution in [0.2, 0.25) is 0 Å². The van der Waals surface area contributed by atoms with E-state index in [9.17, 15) is 9.59 Å². The first kappa shape index (κ1) is 17.6. The molecule has 0 spiro atoms. The van der Waals surface area contributed by atoms with Crippen molar-refractivity contribution in [1.82, 2.24) is 15.3 Å². The lowest BCUT2D eigenvalue weighted by atomic mass is 9.53. The van der Waals surface area contributed by atoms with Crippen LogP contribution in [0.5, 0.6) is 5.88 Å². The number of aromatic amines is 1. The lowest BCUT2D eigenvalue weighted by Crippen LogP contribution is -2.60. The Labute approximate surface area is 154 Å².